The molecule has 0 fully saturated rings. The second kappa shape index (κ2) is 8.16. The third-order valence-electron chi connectivity index (χ3n) is 5.94. The molecule has 0 saturated heterocycles. The molecule has 174 valence electrons. The average molecular weight is 465 g/mol. The van der Waals surface area contributed by atoms with Gasteiger partial charge < -0.3 is 8.98 Å². The number of nitrogens with zero attached hydrogens (tertiary/aromatic N) is 5. The standard InChI is InChI=1S/C25H22F3N5O/c1-15-13-34-17(3)23(15)18-8-22-24(30-9-18)20(19-10-31-32(11-19)14-25(26,27)28)12-33(22)16(2)21-6-4-5-7-29-21/h4-13,16H,14H2,1-3H3. The Morgan fingerprint density at radius 2 is 1.88 bits per heavy atom. The van der Waals surface area contributed by atoms with E-state index >= 15 is 0 Å². The molecule has 0 aliphatic carbocycles. The van der Waals surface area contributed by atoms with Crippen LogP contribution in [0.4, 0.5) is 13.2 Å². The lowest BCUT2D eigenvalue weighted by atomic mass is 10.0. The molecule has 1 atom stereocenters. The highest BCUT2D eigenvalue weighted by molar-refractivity contribution is 5.95. The predicted octanol–water partition coefficient (Wildman–Crippen LogP) is 6.34. The Hall–Kier alpha value is -3.88. The van der Waals surface area contributed by atoms with Crippen LogP contribution in [0.3, 0.4) is 0 Å². The topological polar surface area (TPSA) is 61.7 Å². The van der Waals surface area contributed by atoms with Crippen LogP contribution in [0.25, 0.3) is 33.3 Å². The lowest BCUT2D eigenvalue weighted by Gasteiger charge is -2.15. The summed E-state index contributed by atoms with van der Waals surface area (Å²) in [6, 6.07) is 7.63. The van der Waals surface area contributed by atoms with Gasteiger partial charge in [0.2, 0.25) is 0 Å². The summed E-state index contributed by atoms with van der Waals surface area (Å²) < 4.78 is 47.1. The van der Waals surface area contributed by atoms with Crippen LogP contribution < -0.4 is 0 Å². The molecule has 0 aliphatic heterocycles. The summed E-state index contributed by atoms with van der Waals surface area (Å²) in [6.07, 6.45) is 5.62. The maximum atomic E-state index is 12.9. The largest absolute Gasteiger partial charge is 0.469 e. The molecule has 9 heteroatoms. The van der Waals surface area contributed by atoms with E-state index in [1.165, 1.54) is 12.4 Å². The number of rotatable bonds is 5. The minimum absolute atomic E-state index is 0.133. The summed E-state index contributed by atoms with van der Waals surface area (Å²) >= 11 is 0. The van der Waals surface area contributed by atoms with Gasteiger partial charge >= 0.3 is 6.18 Å². The van der Waals surface area contributed by atoms with Crippen molar-refractivity contribution in [3.05, 3.63) is 78.5 Å². The third-order valence-corrected chi connectivity index (χ3v) is 5.94. The molecule has 0 bridgehead atoms. The monoisotopic (exact) mass is 465 g/mol. The van der Waals surface area contributed by atoms with Gasteiger partial charge in [-0.1, -0.05) is 6.07 Å². The van der Waals surface area contributed by atoms with Gasteiger partial charge in [-0.2, -0.15) is 18.3 Å². The first-order chi connectivity index (χ1) is 16.2. The Bertz CT molecular complexity index is 1440. The van der Waals surface area contributed by atoms with Crippen molar-refractivity contribution < 1.29 is 17.6 Å². The molecular formula is C25H22F3N5O. The quantitative estimate of drug-likeness (QED) is 0.304. The molecule has 5 heterocycles. The van der Waals surface area contributed by atoms with Crippen LogP contribution in [0, 0.1) is 13.8 Å². The van der Waals surface area contributed by atoms with E-state index in [1.807, 2.05) is 51.2 Å². The van der Waals surface area contributed by atoms with Crippen molar-refractivity contribution in [2.24, 2.45) is 0 Å². The first kappa shape index (κ1) is 21.9. The van der Waals surface area contributed by atoms with Gasteiger partial charge in [-0.3, -0.25) is 14.6 Å². The number of hydrogen-bond acceptors (Lipinski definition) is 4. The maximum absolute atomic E-state index is 12.9. The van der Waals surface area contributed by atoms with Crippen LogP contribution >= 0.6 is 0 Å². The Morgan fingerprint density at radius 1 is 1.06 bits per heavy atom. The van der Waals surface area contributed by atoms with Gasteiger partial charge in [-0.15, -0.1) is 0 Å². The van der Waals surface area contributed by atoms with E-state index < -0.39 is 12.7 Å². The Labute approximate surface area is 193 Å². The van der Waals surface area contributed by atoms with Gasteiger partial charge in [-0.25, -0.2) is 0 Å². The number of aromatic nitrogens is 5. The normalized spacial score (nSPS) is 13.0. The first-order valence-corrected chi connectivity index (χ1v) is 10.8. The minimum atomic E-state index is -4.35. The molecule has 0 aromatic carbocycles. The molecule has 0 amide bonds. The van der Waals surface area contributed by atoms with Gasteiger partial charge in [-0.05, 0) is 44.5 Å². The van der Waals surface area contributed by atoms with E-state index in [1.54, 1.807) is 18.7 Å². The van der Waals surface area contributed by atoms with Gasteiger partial charge in [0.1, 0.15) is 12.3 Å². The summed E-state index contributed by atoms with van der Waals surface area (Å²) in [4.78, 5) is 9.23. The van der Waals surface area contributed by atoms with Crippen LogP contribution in [0.2, 0.25) is 0 Å². The fourth-order valence-corrected chi connectivity index (χ4v) is 4.34. The second-order valence-electron chi connectivity index (χ2n) is 8.36. The highest BCUT2D eigenvalue weighted by Crippen LogP contribution is 2.36. The lowest BCUT2D eigenvalue weighted by Crippen LogP contribution is -2.17. The zero-order valence-corrected chi connectivity index (χ0v) is 18.8. The van der Waals surface area contributed by atoms with Crippen molar-refractivity contribution in [2.45, 2.75) is 39.5 Å². The molecule has 0 spiro atoms. The molecule has 0 aliphatic rings. The molecule has 34 heavy (non-hydrogen) atoms. The fourth-order valence-electron chi connectivity index (χ4n) is 4.34. The average Bonchev–Trinajstić information content (AvgIpc) is 3.49. The van der Waals surface area contributed by atoms with Crippen molar-refractivity contribution in [1.82, 2.24) is 24.3 Å². The van der Waals surface area contributed by atoms with Crippen molar-refractivity contribution in [3.8, 4) is 22.3 Å². The zero-order chi connectivity index (χ0) is 24.0. The summed E-state index contributed by atoms with van der Waals surface area (Å²) in [5.74, 6) is 0.795. The van der Waals surface area contributed by atoms with Crippen LogP contribution in [0.15, 0.2) is 65.9 Å². The van der Waals surface area contributed by atoms with Crippen LogP contribution in [-0.4, -0.2) is 30.5 Å². The summed E-state index contributed by atoms with van der Waals surface area (Å²) in [5, 5.41) is 3.91. The molecule has 0 saturated carbocycles. The van der Waals surface area contributed by atoms with E-state index in [0.717, 1.165) is 38.3 Å². The Balaban J connectivity index is 1.68. The number of furan rings is 1. The van der Waals surface area contributed by atoms with Crippen molar-refractivity contribution >= 4 is 11.0 Å². The number of pyridine rings is 2. The number of hydrogen-bond donors (Lipinski definition) is 0. The van der Waals surface area contributed by atoms with Gasteiger partial charge in [0.15, 0.2) is 0 Å². The molecule has 0 N–H and O–H groups in total. The SMILES string of the molecule is Cc1coc(C)c1-c1cnc2c(-c3cnn(CC(F)(F)F)c3)cn(C(C)c3ccccn3)c2c1. The van der Waals surface area contributed by atoms with Crippen LogP contribution in [0.5, 0.6) is 0 Å². The molecule has 5 aromatic heterocycles. The van der Waals surface area contributed by atoms with Crippen LogP contribution in [-0.2, 0) is 6.54 Å². The summed E-state index contributed by atoms with van der Waals surface area (Å²) in [7, 11) is 0. The second-order valence-corrected chi connectivity index (χ2v) is 8.36. The molecule has 0 radical (unpaired) electrons. The zero-order valence-electron chi connectivity index (χ0n) is 18.8. The lowest BCUT2D eigenvalue weighted by molar-refractivity contribution is -0.142. The molecule has 6 nitrogen and oxygen atoms in total. The number of aryl methyl sites for hydroxylation is 2. The fraction of sp³-hybridized carbons (Fsp3) is 0.240. The van der Waals surface area contributed by atoms with E-state index in [2.05, 4.69) is 14.6 Å². The highest BCUT2D eigenvalue weighted by Gasteiger charge is 2.29. The van der Waals surface area contributed by atoms with Gasteiger partial charge in [0.05, 0.1) is 35.2 Å². The van der Waals surface area contributed by atoms with E-state index in [-0.39, 0.29) is 6.04 Å². The van der Waals surface area contributed by atoms with E-state index in [0.29, 0.717) is 16.6 Å². The van der Waals surface area contributed by atoms with Crippen molar-refractivity contribution in [1.29, 1.82) is 0 Å². The Morgan fingerprint density at radius 3 is 2.56 bits per heavy atom. The first-order valence-electron chi connectivity index (χ1n) is 10.8. The summed E-state index contributed by atoms with van der Waals surface area (Å²) in [6.45, 7) is 4.76. The van der Waals surface area contributed by atoms with E-state index in [4.69, 9.17) is 9.40 Å². The number of halogens is 3. The summed E-state index contributed by atoms with van der Waals surface area (Å²) in [5.41, 5.74) is 6.54. The maximum Gasteiger partial charge on any atom is 0.408 e. The van der Waals surface area contributed by atoms with Gasteiger partial charge in [0.25, 0.3) is 0 Å². The number of fused-ring (bicyclic) bond motifs is 1. The molecular weight excluding hydrogens is 443 g/mol. The Kier molecular flexibility index (Phi) is 5.27. The van der Waals surface area contributed by atoms with Gasteiger partial charge in [0, 0.05) is 47.0 Å². The number of alkyl halides is 3. The minimum Gasteiger partial charge on any atom is -0.469 e. The van der Waals surface area contributed by atoms with Crippen molar-refractivity contribution in [3.63, 3.8) is 0 Å². The highest BCUT2D eigenvalue weighted by atomic mass is 19.4. The molecule has 5 aromatic rings. The smallest absolute Gasteiger partial charge is 0.408 e. The third kappa shape index (κ3) is 3.98. The van der Waals surface area contributed by atoms with E-state index in [9.17, 15) is 13.2 Å². The van der Waals surface area contributed by atoms with Crippen molar-refractivity contribution in [2.75, 3.05) is 0 Å². The molecule has 1 unspecified atom stereocenters. The molecule has 5 rings (SSSR count). The predicted molar refractivity (Wildman–Crippen MR) is 122 cm³/mol. The van der Waals surface area contributed by atoms with Crippen LogP contribution in [0.1, 0.15) is 30.0 Å².